The van der Waals surface area contributed by atoms with Crippen molar-refractivity contribution in [3.05, 3.63) is 24.5 Å². The van der Waals surface area contributed by atoms with Crippen molar-refractivity contribution in [3.63, 3.8) is 0 Å². The number of pyridine rings is 1. The lowest BCUT2D eigenvalue weighted by Gasteiger charge is -2.33. The Morgan fingerprint density at radius 2 is 1.95 bits per heavy atom. The zero-order valence-corrected chi connectivity index (χ0v) is 14.0. The van der Waals surface area contributed by atoms with Crippen molar-refractivity contribution in [2.75, 3.05) is 13.1 Å². The molecule has 1 aromatic rings. The number of amides is 1. The summed E-state index contributed by atoms with van der Waals surface area (Å²) in [6.07, 6.45) is 3.66. The lowest BCUT2D eigenvalue weighted by Crippen LogP contribution is -2.47. The number of aromatic nitrogens is 1. The van der Waals surface area contributed by atoms with E-state index in [0.29, 0.717) is 19.4 Å². The van der Waals surface area contributed by atoms with Crippen molar-refractivity contribution in [3.8, 4) is 0 Å². The fourth-order valence-corrected chi connectivity index (χ4v) is 4.14. The first-order chi connectivity index (χ1) is 10.2. The Morgan fingerprint density at radius 1 is 1.32 bits per heavy atom. The molecule has 0 aromatic carbocycles. The van der Waals surface area contributed by atoms with Crippen molar-refractivity contribution in [2.24, 2.45) is 0 Å². The zero-order chi connectivity index (χ0) is 16.4. The summed E-state index contributed by atoms with van der Waals surface area (Å²) in [5, 5.41) is -0.601. The third-order valence-electron chi connectivity index (χ3n) is 3.45. The Kier molecular flexibility index (Phi) is 4.75. The molecule has 2 heterocycles. The number of sulfone groups is 1. The summed E-state index contributed by atoms with van der Waals surface area (Å²) in [5.74, 6) is 0. The molecule has 7 heteroatoms. The van der Waals surface area contributed by atoms with Crippen LogP contribution in [0.15, 0.2) is 29.4 Å². The molecule has 0 radical (unpaired) electrons. The molecule has 122 valence electrons. The monoisotopic (exact) mass is 326 g/mol. The fraction of sp³-hybridized carbons (Fsp3) is 0.600. The maximum atomic E-state index is 12.6. The van der Waals surface area contributed by atoms with Crippen molar-refractivity contribution in [2.45, 2.75) is 49.4 Å². The van der Waals surface area contributed by atoms with E-state index in [1.807, 2.05) is 0 Å². The zero-order valence-electron chi connectivity index (χ0n) is 13.2. The van der Waals surface area contributed by atoms with Crippen LogP contribution in [-0.4, -0.2) is 48.3 Å². The molecule has 1 amide bonds. The second-order valence-corrected chi connectivity index (χ2v) is 8.65. The highest BCUT2D eigenvalue weighted by Gasteiger charge is 2.35. The largest absolute Gasteiger partial charge is 0.444 e. The number of hydrogen-bond acceptors (Lipinski definition) is 5. The van der Waals surface area contributed by atoms with E-state index in [0.717, 1.165) is 0 Å². The SMILES string of the molecule is CC(C)(C)OC(=O)N1CCC[C@H](S(=O)(=O)c2ccncc2)C1. The normalized spacial score (nSPS) is 19.8. The molecule has 1 aliphatic heterocycles. The molecule has 22 heavy (non-hydrogen) atoms. The van der Waals surface area contributed by atoms with Crippen molar-refractivity contribution in [1.82, 2.24) is 9.88 Å². The van der Waals surface area contributed by atoms with Crippen LogP contribution in [0.4, 0.5) is 4.79 Å². The van der Waals surface area contributed by atoms with Crippen molar-refractivity contribution in [1.29, 1.82) is 0 Å². The molecule has 0 saturated carbocycles. The Bertz CT molecular complexity index is 623. The maximum absolute atomic E-state index is 12.6. The predicted molar refractivity (Wildman–Crippen MR) is 82.3 cm³/mol. The van der Waals surface area contributed by atoms with Crippen LogP contribution in [0.25, 0.3) is 0 Å². The molecule has 2 rings (SSSR count). The first-order valence-corrected chi connectivity index (χ1v) is 8.86. The van der Waals surface area contributed by atoms with Gasteiger partial charge in [-0.1, -0.05) is 0 Å². The van der Waals surface area contributed by atoms with Gasteiger partial charge in [-0.15, -0.1) is 0 Å². The van der Waals surface area contributed by atoms with Crippen LogP contribution in [0.2, 0.25) is 0 Å². The molecule has 0 N–H and O–H groups in total. The van der Waals surface area contributed by atoms with Gasteiger partial charge in [-0.05, 0) is 45.7 Å². The molecular formula is C15H22N2O4S. The van der Waals surface area contributed by atoms with E-state index in [1.165, 1.54) is 29.4 Å². The minimum absolute atomic E-state index is 0.166. The highest BCUT2D eigenvalue weighted by Crippen LogP contribution is 2.24. The average molecular weight is 326 g/mol. The smallest absolute Gasteiger partial charge is 0.410 e. The Labute approximate surface area is 131 Å². The van der Waals surface area contributed by atoms with Crippen LogP contribution in [0, 0.1) is 0 Å². The first-order valence-electron chi connectivity index (χ1n) is 7.32. The number of likely N-dealkylation sites (tertiary alicyclic amines) is 1. The highest BCUT2D eigenvalue weighted by molar-refractivity contribution is 7.92. The summed E-state index contributed by atoms with van der Waals surface area (Å²) in [5.41, 5.74) is -0.589. The van der Waals surface area contributed by atoms with Gasteiger partial charge >= 0.3 is 6.09 Å². The predicted octanol–water partition coefficient (Wildman–Crippen LogP) is 2.25. The van der Waals surface area contributed by atoms with E-state index in [1.54, 1.807) is 20.8 Å². The summed E-state index contributed by atoms with van der Waals surface area (Å²) in [7, 11) is -3.46. The number of carbonyl (C=O) groups excluding carboxylic acids is 1. The number of piperidine rings is 1. The highest BCUT2D eigenvalue weighted by atomic mass is 32.2. The molecule has 0 unspecified atom stereocenters. The summed E-state index contributed by atoms with van der Waals surface area (Å²) in [6.45, 7) is 6.07. The topological polar surface area (TPSA) is 76.6 Å². The molecule has 1 aromatic heterocycles. The molecule has 1 atom stereocenters. The van der Waals surface area contributed by atoms with E-state index in [9.17, 15) is 13.2 Å². The van der Waals surface area contributed by atoms with Crippen LogP contribution in [0.3, 0.4) is 0 Å². The first kappa shape index (κ1) is 16.7. The average Bonchev–Trinajstić information content (AvgIpc) is 2.46. The lowest BCUT2D eigenvalue weighted by atomic mass is 10.1. The van der Waals surface area contributed by atoms with Crippen molar-refractivity contribution >= 4 is 15.9 Å². The number of rotatable bonds is 2. The number of nitrogens with zero attached hydrogens (tertiary/aromatic N) is 2. The molecular weight excluding hydrogens is 304 g/mol. The van der Waals surface area contributed by atoms with Crippen LogP contribution in [0.5, 0.6) is 0 Å². The molecule has 1 saturated heterocycles. The van der Waals surface area contributed by atoms with E-state index in [2.05, 4.69) is 4.98 Å². The van der Waals surface area contributed by atoms with Gasteiger partial charge in [0.15, 0.2) is 9.84 Å². The summed E-state index contributed by atoms with van der Waals surface area (Å²) < 4.78 is 30.6. The van der Waals surface area contributed by atoms with Crippen molar-refractivity contribution < 1.29 is 17.9 Å². The second kappa shape index (κ2) is 6.24. The molecule has 0 spiro atoms. The summed E-state index contributed by atoms with van der Waals surface area (Å²) in [4.78, 5) is 17.7. The molecule has 1 fully saturated rings. The summed E-state index contributed by atoms with van der Waals surface area (Å²) >= 11 is 0. The Hall–Kier alpha value is -1.63. The van der Waals surface area contributed by atoms with E-state index in [4.69, 9.17) is 4.74 Å². The number of carbonyl (C=O) groups is 1. The van der Waals surface area contributed by atoms with Gasteiger partial charge < -0.3 is 9.64 Å². The minimum Gasteiger partial charge on any atom is -0.444 e. The third-order valence-corrected chi connectivity index (χ3v) is 5.64. The Balaban J connectivity index is 2.12. The maximum Gasteiger partial charge on any atom is 0.410 e. The van der Waals surface area contributed by atoms with Gasteiger partial charge in [-0.3, -0.25) is 4.98 Å². The minimum atomic E-state index is -3.46. The Morgan fingerprint density at radius 3 is 2.55 bits per heavy atom. The fourth-order valence-electron chi connectivity index (χ4n) is 2.40. The number of hydrogen-bond donors (Lipinski definition) is 0. The van der Waals surface area contributed by atoms with Crippen LogP contribution in [0.1, 0.15) is 33.6 Å². The van der Waals surface area contributed by atoms with Crippen LogP contribution < -0.4 is 0 Å². The molecule has 0 aliphatic carbocycles. The third kappa shape index (κ3) is 3.97. The van der Waals surface area contributed by atoms with Gasteiger partial charge in [0, 0.05) is 25.5 Å². The molecule has 6 nitrogen and oxygen atoms in total. The van der Waals surface area contributed by atoms with Crippen LogP contribution in [-0.2, 0) is 14.6 Å². The number of ether oxygens (including phenoxy) is 1. The van der Waals surface area contributed by atoms with Gasteiger partial charge in [0.1, 0.15) is 5.60 Å². The standard InChI is InChI=1S/C15H22N2O4S/c1-15(2,3)21-14(18)17-10-4-5-13(11-17)22(19,20)12-6-8-16-9-7-12/h6-9,13H,4-5,10-11H2,1-3H3/t13-/m0/s1. The van der Waals surface area contributed by atoms with Gasteiger partial charge in [0.05, 0.1) is 10.1 Å². The molecule has 0 bridgehead atoms. The quantitative estimate of drug-likeness (QED) is 0.833. The van der Waals surface area contributed by atoms with E-state index < -0.39 is 26.8 Å². The van der Waals surface area contributed by atoms with E-state index >= 15 is 0 Å². The van der Waals surface area contributed by atoms with Gasteiger partial charge in [-0.2, -0.15) is 0 Å². The van der Waals surface area contributed by atoms with Gasteiger partial charge in [0.25, 0.3) is 0 Å². The van der Waals surface area contributed by atoms with Gasteiger partial charge in [0.2, 0.25) is 0 Å². The summed E-state index contributed by atoms with van der Waals surface area (Å²) in [6, 6.07) is 2.98. The van der Waals surface area contributed by atoms with E-state index in [-0.39, 0.29) is 11.4 Å². The lowest BCUT2D eigenvalue weighted by molar-refractivity contribution is 0.0219. The van der Waals surface area contributed by atoms with Gasteiger partial charge in [-0.25, -0.2) is 13.2 Å². The molecule has 1 aliphatic rings. The second-order valence-electron chi connectivity index (χ2n) is 6.42. The van der Waals surface area contributed by atoms with Crippen LogP contribution >= 0.6 is 0 Å².